The van der Waals surface area contributed by atoms with Gasteiger partial charge in [0, 0.05) is 19.5 Å². The molecular weight excluding hydrogens is 402 g/mol. The number of fused-ring (bicyclic) bond motifs is 1. The van der Waals surface area contributed by atoms with Gasteiger partial charge in [0.05, 0.1) is 23.9 Å². The standard InChI is InChI=1S/C26H29N3O3/c1-20-12-14-21(15-13-20)31-18-5-4-17-29-23-9-3-2-8-22(23)28-25(29)11-6-16-27-26(30)24-10-7-19-32-24/h2-3,7-10,12-15,19H,4-6,11,16-18H2,1H3,(H,27,30). The van der Waals surface area contributed by atoms with Crippen molar-refractivity contribution in [1.29, 1.82) is 0 Å². The second-order valence-electron chi connectivity index (χ2n) is 7.87. The van der Waals surface area contributed by atoms with Crippen LogP contribution in [-0.4, -0.2) is 28.6 Å². The van der Waals surface area contributed by atoms with E-state index >= 15 is 0 Å². The Balaban J connectivity index is 1.28. The molecule has 166 valence electrons. The molecule has 2 aromatic carbocycles. The van der Waals surface area contributed by atoms with Gasteiger partial charge in [-0.3, -0.25) is 4.79 Å². The first-order valence-electron chi connectivity index (χ1n) is 11.2. The van der Waals surface area contributed by atoms with Crippen molar-refractivity contribution in [1.82, 2.24) is 14.9 Å². The molecule has 0 aliphatic heterocycles. The molecule has 0 saturated carbocycles. The van der Waals surface area contributed by atoms with E-state index in [1.165, 1.54) is 11.8 Å². The predicted molar refractivity (Wildman–Crippen MR) is 125 cm³/mol. The summed E-state index contributed by atoms with van der Waals surface area (Å²) >= 11 is 0. The summed E-state index contributed by atoms with van der Waals surface area (Å²) < 4.78 is 13.3. The number of para-hydroxylation sites is 2. The van der Waals surface area contributed by atoms with Gasteiger partial charge in [0.1, 0.15) is 11.6 Å². The Labute approximate surface area is 188 Å². The van der Waals surface area contributed by atoms with Crippen molar-refractivity contribution in [2.45, 2.75) is 39.2 Å². The van der Waals surface area contributed by atoms with Gasteiger partial charge in [-0.15, -0.1) is 0 Å². The fourth-order valence-electron chi connectivity index (χ4n) is 3.71. The first-order chi connectivity index (χ1) is 15.7. The Morgan fingerprint density at radius 2 is 1.88 bits per heavy atom. The topological polar surface area (TPSA) is 69.3 Å². The van der Waals surface area contributed by atoms with E-state index in [-0.39, 0.29) is 5.91 Å². The third-order valence-corrected chi connectivity index (χ3v) is 5.41. The van der Waals surface area contributed by atoms with E-state index in [1.54, 1.807) is 12.1 Å². The molecular formula is C26H29N3O3. The molecule has 0 unspecified atom stereocenters. The van der Waals surface area contributed by atoms with Gasteiger partial charge in [-0.05, 0) is 62.6 Å². The number of carbonyl (C=O) groups excluding carboxylic acids is 1. The zero-order valence-electron chi connectivity index (χ0n) is 18.4. The summed E-state index contributed by atoms with van der Waals surface area (Å²) in [5.41, 5.74) is 3.40. The van der Waals surface area contributed by atoms with Crippen molar-refractivity contribution in [3.05, 3.63) is 84.1 Å². The van der Waals surface area contributed by atoms with Gasteiger partial charge in [0.2, 0.25) is 0 Å². The van der Waals surface area contributed by atoms with Gasteiger partial charge in [-0.25, -0.2) is 4.98 Å². The fraction of sp³-hybridized carbons (Fsp3) is 0.308. The highest BCUT2D eigenvalue weighted by Crippen LogP contribution is 2.18. The molecule has 0 saturated heterocycles. The molecule has 6 heteroatoms. The molecule has 2 aromatic heterocycles. The van der Waals surface area contributed by atoms with Crippen LogP contribution in [-0.2, 0) is 13.0 Å². The Bertz CT molecular complexity index is 1130. The average Bonchev–Trinajstić information content (AvgIpc) is 3.46. The largest absolute Gasteiger partial charge is 0.494 e. The van der Waals surface area contributed by atoms with Crippen LogP contribution < -0.4 is 10.1 Å². The van der Waals surface area contributed by atoms with E-state index in [0.717, 1.165) is 54.8 Å². The number of carbonyl (C=O) groups is 1. The Kier molecular flexibility index (Phi) is 7.23. The van der Waals surface area contributed by atoms with Crippen molar-refractivity contribution < 1.29 is 13.9 Å². The monoisotopic (exact) mass is 431 g/mol. The summed E-state index contributed by atoms with van der Waals surface area (Å²) in [5.74, 6) is 2.13. The normalized spacial score (nSPS) is 11.0. The van der Waals surface area contributed by atoms with Crippen LogP contribution in [0.2, 0.25) is 0 Å². The lowest BCUT2D eigenvalue weighted by Gasteiger charge is -2.10. The maximum atomic E-state index is 12.0. The number of rotatable bonds is 11. The number of benzene rings is 2. The quantitative estimate of drug-likeness (QED) is 0.333. The van der Waals surface area contributed by atoms with Crippen molar-refractivity contribution in [3.63, 3.8) is 0 Å². The van der Waals surface area contributed by atoms with Crippen LogP contribution in [0.3, 0.4) is 0 Å². The number of furan rings is 1. The second kappa shape index (κ2) is 10.7. The molecule has 4 aromatic rings. The summed E-state index contributed by atoms with van der Waals surface area (Å²) in [5, 5.41) is 2.90. The molecule has 0 radical (unpaired) electrons. The SMILES string of the molecule is Cc1ccc(OCCCCn2c(CCCNC(=O)c3ccco3)nc3ccccc32)cc1. The molecule has 32 heavy (non-hydrogen) atoms. The highest BCUT2D eigenvalue weighted by Gasteiger charge is 2.11. The minimum atomic E-state index is -0.183. The van der Waals surface area contributed by atoms with Crippen LogP contribution in [0.1, 0.15) is 41.2 Å². The highest BCUT2D eigenvalue weighted by molar-refractivity contribution is 5.91. The second-order valence-corrected chi connectivity index (χ2v) is 7.87. The molecule has 0 bridgehead atoms. The number of nitrogens with zero attached hydrogens (tertiary/aromatic N) is 2. The zero-order chi connectivity index (χ0) is 22.2. The van der Waals surface area contributed by atoms with E-state index in [2.05, 4.69) is 41.1 Å². The highest BCUT2D eigenvalue weighted by atomic mass is 16.5. The molecule has 0 atom stereocenters. The summed E-state index contributed by atoms with van der Waals surface area (Å²) in [7, 11) is 0. The van der Waals surface area contributed by atoms with Crippen LogP contribution in [0.25, 0.3) is 11.0 Å². The number of aryl methyl sites for hydroxylation is 3. The van der Waals surface area contributed by atoms with Crippen molar-refractivity contribution in [2.24, 2.45) is 0 Å². The third kappa shape index (κ3) is 5.58. The fourth-order valence-corrected chi connectivity index (χ4v) is 3.71. The van der Waals surface area contributed by atoms with Gasteiger partial charge < -0.3 is 19.0 Å². The Morgan fingerprint density at radius 1 is 1.03 bits per heavy atom. The van der Waals surface area contributed by atoms with Gasteiger partial charge in [0.15, 0.2) is 5.76 Å². The van der Waals surface area contributed by atoms with E-state index in [0.29, 0.717) is 18.9 Å². The van der Waals surface area contributed by atoms with Gasteiger partial charge >= 0.3 is 0 Å². The van der Waals surface area contributed by atoms with Crippen molar-refractivity contribution in [2.75, 3.05) is 13.2 Å². The van der Waals surface area contributed by atoms with E-state index < -0.39 is 0 Å². The maximum absolute atomic E-state index is 12.0. The summed E-state index contributed by atoms with van der Waals surface area (Å²) in [6.45, 7) is 4.24. The number of aromatic nitrogens is 2. The number of hydrogen-bond acceptors (Lipinski definition) is 4. The first-order valence-corrected chi connectivity index (χ1v) is 11.2. The first kappa shape index (κ1) is 21.7. The van der Waals surface area contributed by atoms with Gasteiger partial charge in [-0.2, -0.15) is 0 Å². The smallest absolute Gasteiger partial charge is 0.286 e. The van der Waals surface area contributed by atoms with Crippen LogP contribution in [0, 0.1) is 6.92 Å². The Morgan fingerprint density at radius 3 is 2.69 bits per heavy atom. The molecule has 0 fully saturated rings. The number of ether oxygens (including phenoxy) is 1. The van der Waals surface area contributed by atoms with Crippen LogP contribution in [0.15, 0.2) is 71.3 Å². The van der Waals surface area contributed by atoms with Crippen molar-refractivity contribution in [3.8, 4) is 5.75 Å². The lowest BCUT2D eigenvalue weighted by Crippen LogP contribution is -2.24. The molecule has 1 N–H and O–H groups in total. The zero-order valence-corrected chi connectivity index (χ0v) is 18.4. The number of imidazole rings is 1. The van der Waals surface area contributed by atoms with E-state index in [9.17, 15) is 4.79 Å². The van der Waals surface area contributed by atoms with E-state index in [1.807, 2.05) is 24.3 Å². The molecule has 4 rings (SSSR count). The molecule has 2 heterocycles. The number of amides is 1. The summed E-state index contributed by atoms with van der Waals surface area (Å²) in [4.78, 5) is 16.8. The summed E-state index contributed by atoms with van der Waals surface area (Å²) in [6, 6.07) is 19.8. The molecule has 6 nitrogen and oxygen atoms in total. The van der Waals surface area contributed by atoms with Crippen molar-refractivity contribution >= 4 is 16.9 Å². The lowest BCUT2D eigenvalue weighted by molar-refractivity contribution is 0.0925. The number of hydrogen-bond donors (Lipinski definition) is 1. The molecule has 0 aliphatic rings. The van der Waals surface area contributed by atoms with Crippen LogP contribution in [0.4, 0.5) is 0 Å². The third-order valence-electron chi connectivity index (χ3n) is 5.41. The summed E-state index contributed by atoms with van der Waals surface area (Å²) in [6.07, 6.45) is 5.09. The van der Waals surface area contributed by atoms with Crippen LogP contribution in [0.5, 0.6) is 5.75 Å². The number of nitrogens with one attached hydrogen (secondary N) is 1. The predicted octanol–water partition coefficient (Wildman–Crippen LogP) is 5.16. The minimum absolute atomic E-state index is 0.183. The number of unbranched alkanes of at least 4 members (excludes halogenated alkanes) is 1. The molecule has 1 amide bonds. The van der Waals surface area contributed by atoms with Crippen LogP contribution >= 0.6 is 0 Å². The molecule has 0 aliphatic carbocycles. The van der Waals surface area contributed by atoms with Gasteiger partial charge in [0.25, 0.3) is 5.91 Å². The van der Waals surface area contributed by atoms with E-state index in [4.69, 9.17) is 14.1 Å². The Hall–Kier alpha value is -3.54. The lowest BCUT2D eigenvalue weighted by atomic mass is 10.2. The molecule has 0 spiro atoms. The van der Waals surface area contributed by atoms with Gasteiger partial charge in [-0.1, -0.05) is 29.8 Å². The minimum Gasteiger partial charge on any atom is -0.494 e. The average molecular weight is 432 g/mol. The maximum Gasteiger partial charge on any atom is 0.286 e.